The molecular weight excluding hydrogens is 296 g/mol. The molecule has 116 valence electrons. The molecule has 0 fully saturated rings. The van der Waals surface area contributed by atoms with Crippen LogP contribution in [0.25, 0.3) is 0 Å². The van der Waals surface area contributed by atoms with Crippen LogP contribution in [0.3, 0.4) is 0 Å². The number of nitrogens with one attached hydrogen (secondary N) is 2. The molecule has 0 saturated carbocycles. The van der Waals surface area contributed by atoms with Gasteiger partial charge >= 0.3 is 18.0 Å². The van der Waals surface area contributed by atoms with Gasteiger partial charge in [0, 0.05) is 9.75 Å². The van der Waals surface area contributed by atoms with Crippen molar-refractivity contribution in [2.75, 3.05) is 0 Å². The standard InChI is InChI=1S/C13H18N2O5S/c1-6-4-9(8(3)21-6)7(2)14-13(20)15-10(12(18)19)5-11(16)17/h4,7,10H,5H2,1-3H3,(H,16,17)(H,18,19)(H2,14,15,20). The highest BCUT2D eigenvalue weighted by Crippen LogP contribution is 2.25. The quantitative estimate of drug-likeness (QED) is 0.637. The molecule has 0 aliphatic heterocycles. The molecule has 2 atom stereocenters. The number of carboxylic acids is 2. The average Bonchev–Trinajstić information content (AvgIpc) is 2.66. The van der Waals surface area contributed by atoms with Crippen molar-refractivity contribution in [1.82, 2.24) is 10.6 Å². The van der Waals surface area contributed by atoms with Crippen molar-refractivity contribution in [3.8, 4) is 0 Å². The van der Waals surface area contributed by atoms with Crippen molar-refractivity contribution in [2.45, 2.75) is 39.3 Å². The van der Waals surface area contributed by atoms with Crippen molar-refractivity contribution >= 4 is 29.3 Å². The maximum absolute atomic E-state index is 11.8. The molecule has 4 N–H and O–H groups in total. The lowest BCUT2D eigenvalue weighted by molar-refractivity contribution is -0.145. The van der Waals surface area contributed by atoms with E-state index in [1.807, 2.05) is 19.9 Å². The lowest BCUT2D eigenvalue weighted by Crippen LogP contribution is -2.47. The van der Waals surface area contributed by atoms with Gasteiger partial charge in [-0.1, -0.05) is 0 Å². The summed E-state index contributed by atoms with van der Waals surface area (Å²) >= 11 is 1.61. The first-order valence-corrected chi connectivity index (χ1v) is 7.11. The van der Waals surface area contributed by atoms with Crippen LogP contribution in [0.4, 0.5) is 4.79 Å². The molecule has 0 bridgehead atoms. The Labute approximate surface area is 126 Å². The summed E-state index contributed by atoms with van der Waals surface area (Å²) in [6.07, 6.45) is -0.673. The molecule has 8 heteroatoms. The number of thiophene rings is 1. The Morgan fingerprint density at radius 2 is 1.86 bits per heavy atom. The van der Waals surface area contributed by atoms with E-state index in [-0.39, 0.29) is 6.04 Å². The van der Waals surface area contributed by atoms with E-state index in [1.165, 1.54) is 0 Å². The fourth-order valence-electron chi connectivity index (χ4n) is 1.93. The summed E-state index contributed by atoms with van der Waals surface area (Å²) in [5, 5.41) is 22.2. The van der Waals surface area contributed by atoms with Crippen molar-refractivity contribution in [3.05, 3.63) is 21.4 Å². The summed E-state index contributed by atoms with van der Waals surface area (Å²) < 4.78 is 0. The SMILES string of the molecule is Cc1cc(C(C)NC(=O)NC(CC(=O)O)C(=O)O)c(C)s1. The maximum Gasteiger partial charge on any atom is 0.326 e. The predicted octanol–water partition coefficient (Wildman–Crippen LogP) is 1.65. The molecule has 0 saturated heterocycles. The van der Waals surface area contributed by atoms with Gasteiger partial charge in [0.25, 0.3) is 0 Å². The van der Waals surface area contributed by atoms with Crippen molar-refractivity contribution in [1.29, 1.82) is 0 Å². The average molecular weight is 314 g/mol. The molecule has 1 aromatic rings. The van der Waals surface area contributed by atoms with Gasteiger partial charge in [0.2, 0.25) is 0 Å². The van der Waals surface area contributed by atoms with Gasteiger partial charge in [0.05, 0.1) is 12.5 Å². The molecule has 2 amide bonds. The smallest absolute Gasteiger partial charge is 0.326 e. The largest absolute Gasteiger partial charge is 0.481 e. The second-order valence-electron chi connectivity index (χ2n) is 4.70. The van der Waals surface area contributed by atoms with Crippen LogP contribution >= 0.6 is 11.3 Å². The van der Waals surface area contributed by atoms with Crippen LogP contribution in [0.2, 0.25) is 0 Å². The first kappa shape index (κ1) is 17.0. The van der Waals surface area contributed by atoms with Gasteiger partial charge in [-0.25, -0.2) is 9.59 Å². The lowest BCUT2D eigenvalue weighted by atomic mass is 10.1. The third kappa shape index (κ3) is 5.07. The molecule has 0 aliphatic carbocycles. The van der Waals surface area contributed by atoms with E-state index in [4.69, 9.17) is 10.2 Å². The Morgan fingerprint density at radius 1 is 1.24 bits per heavy atom. The summed E-state index contributed by atoms with van der Waals surface area (Å²) in [7, 11) is 0. The van der Waals surface area contributed by atoms with Gasteiger partial charge in [-0.15, -0.1) is 11.3 Å². The van der Waals surface area contributed by atoms with Crippen LogP contribution in [-0.4, -0.2) is 34.2 Å². The zero-order valence-electron chi connectivity index (χ0n) is 12.0. The van der Waals surface area contributed by atoms with Crippen LogP contribution in [0.1, 0.15) is 34.7 Å². The Bertz CT molecular complexity index is 555. The first-order chi connectivity index (χ1) is 9.70. The molecule has 0 spiro atoms. The number of hydrogen-bond donors (Lipinski definition) is 4. The number of carbonyl (C=O) groups excluding carboxylic acids is 1. The Morgan fingerprint density at radius 3 is 2.29 bits per heavy atom. The van der Waals surface area contributed by atoms with E-state index in [0.29, 0.717) is 0 Å². The Balaban J connectivity index is 2.65. The van der Waals surface area contributed by atoms with Crippen LogP contribution in [0.15, 0.2) is 6.07 Å². The number of hydrogen-bond acceptors (Lipinski definition) is 4. The van der Waals surface area contributed by atoms with Crippen LogP contribution in [0.5, 0.6) is 0 Å². The van der Waals surface area contributed by atoms with Crippen LogP contribution in [-0.2, 0) is 9.59 Å². The summed E-state index contributed by atoms with van der Waals surface area (Å²) in [5.74, 6) is -2.68. The topological polar surface area (TPSA) is 116 Å². The highest BCUT2D eigenvalue weighted by atomic mass is 32.1. The number of aliphatic carboxylic acids is 2. The molecule has 1 aromatic heterocycles. The molecule has 0 aromatic carbocycles. The summed E-state index contributed by atoms with van der Waals surface area (Å²) in [6, 6.07) is -0.509. The highest BCUT2D eigenvalue weighted by Gasteiger charge is 2.24. The first-order valence-electron chi connectivity index (χ1n) is 6.29. The van der Waals surface area contributed by atoms with Gasteiger partial charge in [0.15, 0.2) is 0 Å². The third-order valence-electron chi connectivity index (χ3n) is 2.88. The second-order valence-corrected chi connectivity index (χ2v) is 6.16. The Kier molecular flexibility index (Phi) is 5.71. The van der Waals surface area contributed by atoms with E-state index in [9.17, 15) is 14.4 Å². The summed E-state index contributed by atoms with van der Waals surface area (Å²) in [4.78, 5) is 35.4. The van der Waals surface area contributed by atoms with Crippen molar-refractivity contribution in [2.24, 2.45) is 0 Å². The summed E-state index contributed by atoms with van der Waals surface area (Å²) in [5.41, 5.74) is 0.956. The van der Waals surface area contributed by atoms with Gasteiger partial charge in [-0.05, 0) is 32.4 Å². The molecule has 0 radical (unpaired) electrons. The Hall–Kier alpha value is -2.09. The fourth-order valence-corrected chi connectivity index (χ4v) is 2.95. The van der Waals surface area contributed by atoms with Gasteiger partial charge in [-0.3, -0.25) is 4.79 Å². The number of amides is 2. The number of carbonyl (C=O) groups is 3. The van der Waals surface area contributed by atoms with Crippen molar-refractivity contribution in [3.63, 3.8) is 0 Å². The number of urea groups is 1. The zero-order chi connectivity index (χ0) is 16.2. The highest BCUT2D eigenvalue weighted by molar-refractivity contribution is 7.12. The monoisotopic (exact) mass is 314 g/mol. The van der Waals surface area contributed by atoms with Crippen LogP contribution in [0, 0.1) is 13.8 Å². The van der Waals surface area contributed by atoms with E-state index < -0.39 is 30.4 Å². The number of carboxylic acid groups (broad SMARTS) is 2. The third-order valence-corrected chi connectivity index (χ3v) is 3.86. The molecule has 1 rings (SSSR count). The minimum atomic E-state index is -1.46. The van der Waals surface area contributed by atoms with E-state index in [2.05, 4.69) is 10.6 Å². The van der Waals surface area contributed by atoms with E-state index in [1.54, 1.807) is 18.3 Å². The van der Waals surface area contributed by atoms with Gasteiger partial charge < -0.3 is 20.8 Å². The molecule has 7 nitrogen and oxygen atoms in total. The molecule has 1 heterocycles. The van der Waals surface area contributed by atoms with E-state index in [0.717, 1.165) is 15.3 Å². The number of aryl methyl sites for hydroxylation is 2. The summed E-state index contributed by atoms with van der Waals surface area (Å²) in [6.45, 7) is 5.68. The predicted molar refractivity (Wildman–Crippen MR) is 77.6 cm³/mol. The van der Waals surface area contributed by atoms with Crippen molar-refractivity contribution < 1.29 is 24.6 Å². The molecule has 0 aliphatic rings. The van der Waals surface area contributed by atoms with E-state index >= 15 is 0 Å². The second kappa shape index (κ2) is 7.07. The van der Waals surface area contributed by atoms with Gasteiger partial charge in [0.1, 0.15) is 6.04 Å². The maximum atomic E-state index is 11.8. The van der Waals surface area contributed by atoms with Crippen LogP contribution < -0.4 is 10.6 Å². The number of rotatable bonds is 6. The minimum absolute atomic E-state index is 0.297. The molecule has 21 heavy (non-hydrogen) atoms. The van der Waals surface area contributed by atoms with Gasteiger partial charge in [-0.2, -0.15) is 0 Å². The normalized spacial score (nSPS) is 13.3. The zero-order valence-corrected chi connectivity index (χ0v) is 12.8. The molecule has 2 unspecified atom stereocenters. The lowest BCUT2D eigenvalue weighted by Gasteiger charge is -2.17. The minimum Gasteiger partial charge on any atom is -0.481 e. The molecular formula is C13H18N2O5S. The fraction of sp³-hybridized carbons (Fsp3) is 0.462.